The summed E-state index contributed by atoms with van der Waals surface area (Å²) in [6, 6.07) is -0.724. The fraction of sp³-hybridized carbons (Fsp3) is 0.782. The zero-order chi connectivity index (χ0) is 44.5. The molecular formula is C55H99NO5. The molecule has 3 unspecified atom stereocenters. The van der Waals surface area contributed by atoms with Crippen molar-refractivity contribution in [1.82, 2.24) is 5.32 Å². The second-order valence-electron chi connectivity index (χ2n) is 17.7. The van der Waals surface area contributed by atoms with Gasteiger partial charge < -0.3 is 20.3 Å². The molecule has 0 aliphatic carbocycles. The van der Waals surface area contributed by atoms with Gasteiger partial charge >= 0.3 is 5.97 Å². The molecule has 0 aliphatic heterocycles. The van der Waals surface area contributed by atoms with Crippen molar-refractivity contribution in [3.05, 3.63) is 60.8 Å². The maximum Gasteiger partial charge on any atom is 0.306 e. The third-order valence-corrected chi connectivity index (χ3v) is 11.7. The van der Waals surface area contributed by atoms with Gasteiger partial charge in [0, 0.05) is 6.42 Å². The Morgan fingerprint density at radius 2 is 0.885 bits per heavy atom. The summed E-state index contributed by atoms with van der Waals surface area (Å²) in [5.41, 5.74) is 0. The Labute approximate surface area is 378 Å². The predicted octanol–water partition coefficient (Wildman–Crippen LogP) is 15.6. The highest BCUT2D eigenvalue weighted by atomic mass is 16.5. The minimum atomic E-state index is -0.806. The zero-order valence-electron chi connectivity index (χ0n) is 40.3. The topological polar surface area (TPSA) is 95.9 Å². The van der Waals surface area contributed by atoms with E-state index in [0.717, 1.165) is 57.8 Å². The summed E-state index contributed by atoms with van der Waals surface area (Å²) in [5, 5.41) is 23.8. The average Bonchev–Trinajstić information content (AvgIpc) is 3.25. The summed E-state index contributed by atoms with van der Waals surface area (Å²) in [6.07, 6.45) is 60.0. The van der Waals surface area contributed by atoms with E-state index in [1.165, 1.54) is 148 Å². The van der Waals surface area contributed by atoms with Crippen molar-refractivity contribution in [2.24, 2.45) is 0 Å². The standard InChI is InChI=1S/C55H99NO5/c1-4-7-10-13-16-19-22-25-26-27-28-30-32-35-38-41-44-47-53(58)52(50-57)56-54(59)49-51(46-43-40-37-34-31-29-23-20-17-14-11-8-5-2)61-55(60)48-45-42-39-36-33-24-21-18-15-12-9-6-3/h8,11,14,17,20,23,29,31,34,37,51-53,57-58H,4-7,9-10,12-13,15-16,18-19,21-22,24-28,30,32-33,35-36,38-50H2,1-3H3,(H,56,59)/b11-8+,17-14+,23-20-,31-29-,37-34+. The van der Waals surface area contributed by atoms with E-state index in [1.54, 1.807) is 0 Å². The molecule has 0 radical (unpaired) electrons. The first-order valence-corrected chi connectivity index (χ1v) is 26.1. The molecule has 0 saturated heterocycles. The van der Waals surface area contributed by atoms with E-state index in [4.69, 9.17) is 4.74 Å². The molecule has 61 heavy (non-hydrogen) atoms. The number of aliphatic hydroxyl groups is 2. The van der Waals surface area contributed by atoms with Crippen molar-refractivity contribution in [2.45, 2.75) is 270 Å². The Bertz CT molecular complexity index is 1090. The number of esters is 1. The van der Waals surface area contributed by atoms with Crippen LogP contribution in [0.25, 0.3) is 0 Å². The van der Waals surface area contributed by atoms with Crippen LogP contribution in [0.2, 0.25) is 0 Å². The molecule has 0 aromatic carbocycles. The number of nitrogens with one attached hydrogen (secondary N) is 1. The molecule has 0 aromatic rings. The molecule has 0 aromatic heterocycles. The van der Waals surface area contributed by atoms with Crippen LogP contribution >= 0.6 is 0 Å². The third-order valence-electron chi connectivity index (χ3n) is 11.7. The van der Waals surface area contributed by atoms with Crippen LogP contribution in [0.15, 0.2) is 60.8 Å². The second kappa shape index (κ2) is 48.6. The third kappa shape index (κ3) is 44.0. The van der Waals surface area contributed by atoms with Crippen molar-refractivity contribution in [3.63, 3.8) is 0 Å². The van der Waals surface area contributed by atoms with Gasteiger partial charge in [-0.25, -0.2) is 0 Å². The maximum absolute atomic E-state index is 13.2. The summed E-state index contributed by atoms with van der Waals surface area (Å²) in [4.78, 5) is 26.1. The molecule has 1 amide bonds. The number of ether oxygens (including phenoxy) is 1. The lowest BCUT2D eigenvalue weighted by Crippen LogP contribution is -2.46. The summed E-state index contributed by atoms with van der Waals surface area (Å²) >= 11 is 0. The minimum Gasteiger partial charge on any atom is -0.462 e. The number of rotatable bonds is 46. The zero-order valence-corrected chi connectivity index (χ0v) is 40.3. The fourth-order valence-electron chi connectivity index (χ4n) is 7.81. The van der Waals surface area contributed by atoms with Crippen LogP contribution in [-0.2, 0) is 14.3 Å². The van der Waals surface area contributed by atoms with Crippen LogP contribution in [0, 0.1) is 0 Å². The smallest absolute Gasteiger partial charge is 0.306 e. The first kappa shape index (κ1) is 58.6. The van der Waals surface area contributed by atoms with Gasteiger partial charge in [-0.2, -0.15) is 0 Å². The van der Waals surface area contributed by atoms with Crippen molar-refractivity contribution < 1.29 is 24.5 Å². The Hall–Kier alpha value is -2.44. The molecule has 0 bridgehead atoms. The number of carbonyl (C=O) groups excluding carboxylic acids is 2. The lowest BCUT2D eigenvalue weighted by molar-refractivity contribution is -0.151. The molecule has 0 aliphatic rings. The van der Waals surface area contributed by atoms with Gasteiger partial charge in [0.1, 0.15) is 6.10 Å². The quantitative estimate of drug-likeness (QED) is 0.0322. The molecule has 0 rings (SSSR count). The number of hydrogen-bond acceptors (Lipinski definition) is 5. The maximum atomic E-state index is 13.2. The van der Waals surface area contributed by atoms with E-state index in [2.05, 4.69) is 38.2 Å². The lowest BCUT2D eigenvalue weighted by Gasteiger charge is -2.24. The number of carbonyl (C=O) groups is 2. The van der Waals surface area contributed by atoms with Gasteiger partial charge in [-0.1, -0.05) is 261 Å². The summed E-state index contributed by atoms with van der Waals surface area (Å²) in [5.74, 6) is -0.542. The first-order chi connectivity index (χ1) is 30.0. The monoisotopic (exact) mass is 854 g/mol. The molecule has 6 heteroatoms. The van der Waals surface area contributed by atoms with Crippen molar-refractivity contribution in [1.29, 1.82) is 0 Å². The number of unbranched alkanes of at least 4 members (excludes halogenated alkanes) is 28. The highest BCUT2D eigenvalue weighted by Gasteiger charge is 2.24. The number of amides is 1. The van der Waals surface area contributed by atoms with E-state index in [-0.39, 0.29) is 24.9 Å². The molecule has 0 fully saturated rings. The van der Waals surface area contributed by atoms with Gasteiger partial charge in [-0.05, 0) is 38.5 Å². The highest BCUT2D eigenvalue weighted by molar-refractivity contribution is 5.77. The molecule has 3 atom stereocenters. The normalized spacial score (nSPS) is 13.7. The van der Waals surface area contributed by atoms with Crippen LogP contribution in [0.3, 0.4) is 0 Å². The van der Waals surface area contributed by atoms with Crippen LogP contribution in [-0.4, -0.2) is 46.9 Å². The fourth-order valence-corrected chi connectivity index (χ4v) is 7.81. The Balaban J connectivity index is 4.59. The SMILES string of the molecule is CC/C=C/C=C/C=C\C=C/C=C/CCCC(CC(=O)NC(CO)C(O)CCCCCCCCCCCCCCCCCCC)OC(=O)CCCCCCCCCCCCCC. The average molecular weight is 854 g/mol. The van der Waals surface area contributed by atoms with Crippen LogP contribution in [0.5, 0.6) is 0 Å². The van der Waals surface area contributed by atoms with Gasteiger partial charge in [0.25, 0.3) is 0 Å². The predicted molar refractivity (Wildman–Crippen MR) is 264 cm³/mol. The van der Waals surface area contributed by atoms with Crippen LogP contribution < -0.4 is 5.32 Å². The van der Waals surface area contributed by atoms with Gasteiger partial charge in [0.15, 0.2) is 0 Å². The summed E-state index contributed by atoms with van der Waals surface area (Å²) in [7, 11) is 0. The van der Waals surface area contributed by atoms with Crippen molar-refractivity contribution in [3.8, 4) is 0 Å². The first-order valence-electron chi connectivity index (χ1n) is 26.1. The summed E-state index contributed by atoms with van der Waals surface area (Å²) in [6.45, 7) is 6.33. The second-order valence-corrected chi connectivity index (χ2v) is 17.7. The highest BCUT2D eigenvalue weighted by Crippen LogP contribution is 2.18. The Morgan fingerprint density at radius 3 is 1.31 bits per heavy atom. The van der Waals surface area contributed by atoms with Gasteiger partial charge in [0.2, 0.25) is 5.91 Å². The summed E-state index contributed by atoms with van der Waals surface area (Å²) < 4.78 is 5.89. The largest absolute Gasteiger partial charge is 0.462 e. The van der Waals surface area contributed by atoms with Crippen molar-refractivity contribution >= 4 is 11.9 Å². The van der Waals surface area contributed by atoms with Gasteiger partial charge in [-0.3, -0.25) is 9.59 Å². The molecule has 0 heterocycles. The van der Waals surface area contributed by atoms with E-state index in [9.17, 15) is 19.8 Å². The van der Waals surface area contributed by atoms with E-state index in [1.807, 2.05) is 48.6 Å². The molecule has 0 spiro atoms. The molecule has 6 nitrogen and oxygen atoms in total. The molecule has 354 valence electrons. The number of aliphatic hydroxyl groups excluding tert-OH is 2. The molecule has 0 saturated carbocycles. The number of allylic oxidation sites excluding steroid dienone is 10. The van der Waals surface area contributed by atoms with Crippen molar-refractivity contribution in [2.75, 3.05) is 6.61 Å². The van der Waals surface area contributed by atoms with Gasteiger partial charge in [0.05, 0.1) is 25.2 Å². The number of hydrogen-bond donors (Lipinski definition) is 3. The van der Waals surface area contributed by atoms with Crippen LogP contribution in [0.4, 0.5) is 0 Å². The molecular weight excluding hydrogens is 755 g/mol. The molecule has 3 N–H and O–H groups in total. The lowest BCUT2D eigenvalue weighted by atomic mass is 10.0. The van der Waals surface area contributed by atoms with E-state index < -0.39 is 18.2 Å². The Kier molecular flexibility index (Phi) is 46.6. The van der Waals surface area contributed by atoms with E-state index >= 15 is 0 Å². The minimum absolute atomic E-state index is 0.0297. The Morgan fingerprint density at radius 1 is 0.492 bits per heavy atom. The van der Waals surface area contributed by atoms with Crippen LogP contribution in [0.1, 0.15) is 252 Å². The van der Waals surface area contributed by atoms with Gasteiger partial charge in [-0.15, -0.1) is 0 Å². The van der Waals surface area contributed by atoms with E-state index in [0.29, 0.717) is 19.3 Å².